The van der Waals surface area contributed by atoms with Gasteiger partial charge in [0, 0.05) is 22.8 Å². The summed E-state index contributed by atoms with van der Waals surface area (Å²) in [7, 11) is 2.76. The Morgan fingerprint density at radius 1 is 0.824 bits per heavy atom. The predicted octanol–water partition coefficient (Wildman–Crippen LogP) is 10.3. The van der Waals surface area contributed by atoms with Crippen LogP contribution in [0.1, 0.15) is 21.5 Å². The molecule has 1 amide bonds. The maximum atomic E-state index is 13.7. The highest BCUT2D eigenvalue weighted by Crippen LogP contribution is 2.51. The number of azo groups is 1. The van der Waals surface area contributed by atoms with Crippen molar-refractivity contribution in [3.05, 3.63) is 130 Å². The second-order valence-electron chi connectivity index (χ2n) is 11.9. The standard InChI is InChI=1S/C39H32N6O6/c1-22-16-30-33(19-28(22)41-39(47)27-18-36(50-3)37(51-4)21-32(27)45(48)49)44(25-11-6-5-7-12-25)34-20-29(23(2)17-31(34)40-30)42-43-38-26-13-9-8-10-24(26)14-15-35(38)46/h5-21,40,46H,1-4H3,(H,41,47). The Bertz CT molecular complexity index is 2400. The molecule has 0 fully saturated rings. The van der Waals surface area contributed by atoms with Crippen LogP contribution in [0.25, 0.3) is 10.8 Å². The number of benzene rings is 6. The minimum absolute atomic E-state index is 0.0259. The number of para-hydroxylation sites is 1. The van der Waals surface area contributed by atoms with Gasteiger partial charge in [-0.05, 0) is 72.8 Å². The van der Waals surface area contributed by atoms with E-state index in [0.717, 1.165) is 50.3 Å². The topological polar surface area (TPSA) is 151 Å². The molecule has 1 aliphatic rings. The largest absolute Gasteiger partial charge is 0.506 e. The van der Waals surface area contributed by atoms with E-state index in [4.69, 9.17) is 9.47 Å². The molecule has 3 N–H and O–H groups in total. The summed E-state index contributed by atoms with van der Waals surface area (Å²) in [4.78, 5) is 27.0. The molecule has 12 heteroatoms. The Labute approximate surface area is 292 Å². The van der Waals surface area contributed by atoms with Gasteiger partial charge in [-0.1, -0.05) is 48.5 Å². The van der Waals surface area contributed by atoms with E-state index in [1.54, 1.807) is 6.07 Å². The Hall–Kier alpha value is -6.95. The van der Waals surface area contributed by atoms with Crippen molar-refractivity contribution in [1.82, 2.24) is 0 Å². The molecule has 0 bridgehead atoms. The number of amides is 1. The third kappa shape index (κ3) is 5.99. The molecule has 0 radical (unpaired) electrons. The van der Waals surface area contributed by atoms with Crippen LogP contribution in [-0.2, 0) is 0 Å². The number of aromatic hydroxyl groups is 1. The average Bonchev–Trinajstić information content (AvgIpc) is 3.13. The van der Waals surface area contributed by atoms with Gasteiger partial charge in [-0.3, -0.25) is 14.9 Å². The average molecular weight is 681 g/mol. The molecule has 1 aliphatic heterocycles. The first-order valence-electron chi connectivity index (χ1n) is 15.9. The summed E-state index contributed by atoms with van der Waals surface area (Å²) in [5, 5.41) is 39.9. The number of nitro benzene ring substituents is 1. The van der Waals surface area contributed by atoms with Gasteiger partial charge < -0.3 is 30.1 Å². The van der Waals surface area contributed by atoms with E-state index in [1.807, 2.05) is 104 Å². The van der Waals surface area contributed by atoms with Gasteiger partial charge >= 0.3 is 0 Å². The number of anilines is 6. The number of nitrogens with zero attached hydrogens (tertiary/aromatic N) is 4. The fourth-order valence-electron chi connectivity index (χ4n) is 6.17. The minimum Gasteiger partial charge on any atom is -0.506 e. The molecule has 6 aromatic rings. The van der Waals surface area contributed by atoms with Gasteiger partial charge in [0.15, 0.2) is 11.5 Å². The monoisotopic (exact) mass is 680 g/mol. The number of ether oxygens (including phenoxy) is 2. The number of nitro groups is 1. The molecule has 0 atom stereocenters. The number of carbonyl (C=O) groups is 1. The minimum atomic E-state index is -0.684. The maximum absolute atomic E-state index is 13.7. The highest BCUT2D eigenvalue weighted by atomic mass is 16.6. The Kier molecular flexibility index (Phi) is 8.41. The number of carbonyl (C=O) groups excluding carboxylic acids is 1. The number of phenols is 1. The van der Waals surface area contributed by atoms with Gasteiger partial charge in [0.25, 0.3) is 11.6 Å². The number of rotatable bonds is 8. The van der Waals surface area contributed by atoms with Crippen LogP contribution < -0.4 is 25.0 Å². The molecule has 12 nitrogen and oxygen atoms in total. The SMILES string of the molecule is COc1cc(C(=O)Nc2cc3c(cc2C)Nc2cc(C)c(N=Nc4c(O)ccc5ccccc45)cc2N3c2ccccc2)c([N+](=O)[O-])cc1OC. The van der Waals surface area contributed by atoms with Crippen molar-refractivity contribution < 1.29 is 24.3 Å². The first-order valence-corrected chi connectivity index (χ1v) is 15.9. The van der Waals surface area contributed by atoms with Gasteiger partial charge in [-0.25, -0.2) is 0 Å². The van der Waals surface area contributed by atoms with E-state index in [9.17, 15) is 20.0 Å². The van der Waals surface area contributed by atoms with Crippen LogP contribution in [0.3, 0.4) is 0 Å². The van der Waals surface area contributed by atoms with Crippen molar-refractivity contribution >= 4 is 67.9 Å². The number of fused-ring (bicyclic) bond motifs is 3. The first-order chi connectivity index (χ1) is 24.7. The zero-order valence-corrected chi connectivity index (χ0v) is 28.1. The van der Waals surface area contributed by atoms with Crippen LogP contribution in [0.2, 0.25) is 0 Å². The Morgan fingerprint density at radius 2 is 1.49 bits per heavy atom. The lowest BCUT2D eigenvalue weighted by Crippen LogP contribution is -2.20. The third-order valence-corrected chi connectivity index (χ3v) is 8.75. The quantitative estimate of drug-likeness (QED) is 0.0815. The molecule has 7 rings (SSSR count). The summed E-state index contributed by atoms with van der Waals surface area (Å²) in [6, 6.07) is 31.0. The first kappa shape index (κ1) is 32.6. The smallest absolute Gasteiger partial charge is 0.286 e. The van der Waals surface area contributed by atoms with Crippen molar-refractivity contribution in [2.75, 3.05) is 29.8 Å². The Balaban J connectivity index is 1.31. The third-order valence-electron chi connectivity index (χ3n) is 8.75. The molecule has 51 heavy (non-hydrogen) atoms. The zero-order chi connectivity index (χ0) is 35.8. The number of aryl methyl sites for hydroxylation is 2. The molecule has 0 aliphatic carbocycles. The molecule has 0 saturated heterocycles. The van der Waals surface area contributed by atoms with Crippen molar-refractivity contribution in [2.24, 2.45) is 10.2 Å². The van der Waals surface area contributed by atoms with E-state index in [1.165, 1.54) is 26.4 Å². The number of hydrogen-bond donors (Lipinski definition) is 3. The van der Waals surface area contributed by atoms with Crippen LogP contribution in [-0.4, -0.2) is 30.2 Å². The van der Waals surface area contributed by atoms with Crippen LogP contribution in [0.4, 0.5) is 51.2 Å². The molecule has 254 valence electrons. The van der Waals surface area contributed by atoms with E-state index < -0.39 is 16.5 Å². The normalized spacial score (nSPS) is 11.9. The Morgan fingerprint density at radius 3 is 2.22 bits per heavy atom. The number of nitrogens with one attached hydrogen (secondary N) is 2. The van der Waals surface area contributed by atoms with Crippen molar-refractivity contribution in [2.45, 2.75) is 13.8 Å². The van der Waals surface area contributed by atoms with Gasteiger partial charge in [-0.2, -0.15) is 5.11 Å². The molecular weight excluding hydrogens is 648 g/mol. The molecule has 0 unspecified atom stereocenters. The summed E-state index contributed by atoms with van der Waals surface area (Å²) in [6.07, 6.45) is 0. The zero-order valence-electron chi connectivity index (χ0n) is 28.1. The molecule has 0 saturated carbocycles. The molecule has 0 spiro atoms. The van der Waals surface area contributed by atoms with Crippen LogP contribution in [0.15, 0.2) is 113 Å². The predicted molar refractivity (Wildman–Crippen MR) is 198 cm³/mol. The lowest BCUT2D eigenvalue weighted by molar-refractivity contribution is -0.385. The summed E-state index contributed by atoms with van der Waals surface area (Å²) in [5.41, 5.74) is 6.35. The highest BCUT2D eigenvalue weighted by molar-refractivity contribution is 6.09. The van der Waals surface area contributed by atoms with E-state index in [0.29, 0.717) is 17.1 Å². The summed E-state index contributed by atoms with van der Waals surface area (Å²) in [5.74, 6) is -0.337. The van der Waals surface area contributed by atoms with Crippen LogP contribution in [0.5, 0.6) is 17.2 Å². The van der Waals surface area contributed by atoms with Gasteiger partial charge in [-0.15, -0.1) is 5.11 Å². The van der Waals surface area contributed by atoms with E-state index in [2.05, 4.69) is 20.9 Å². The van der Waals surface area contributed by atoms with E-state index >= 15 is 0 Å². The van der Waals surface area contributed by atoms with Crippen LogP contribution in [0, 0.1) is 24.0 Å². The molecule has 0 aromatic heterocycles. The fraction of sp³-hybridized carbons (Fsp3) is 0.103. The van der Waals surface area contributed by atoms with Gasteiger partial charge in [0.05, 0.1) is 53.6 Å². The molecule has 1 heterocycles. The van der Waals surface area contributed by atoms with Crippen LogP contribution >= 0.6 is 0 Å². The second-order valence-corrected chi connectivity index (χ2v) is 11.9. The van der Waals surface area contributed by atoms with E-state index in [-0.39, 0.29) is 22.8 Å². The number of phenolic OH excluding ortho intramolecular Hbond substituents is 1. The van der Waals surface area contributed by atoms with Crippen molar-refractivity contribution in [3.8, 4) is 17.2 Å². The number of methoxy groups -OCH3 is 2. The van der Waals surface area contributed by atoms with Gasteiger partial charge in [0.2, 0.25) is 0 Å². The second kappa shape index (κ2) is 13.2. The molecular formula is C39H32N6O6. The maximum Gasteiger partial charge on any atom is 0.286 e. The lowest BCUT2D eigenvalue weighted by atomic mass is 10.0. The molecule has 6 aromatic carbocycles. The summed E-state index contributed by atoms with van der Waals surface area (Å²) < 4.78 is 10.5. The number of hydrogen-bond acceptors (Lipinski definition) is 10. The lowest BCUT2D eigenvalue weighted by Gasteiger charge is -2.35. The summed E-state index contributed by atoms with van der Waals surface area (Å²) in [6.45, 7) is 3.79. The fourth-order valence-corrected chi connectivity index (χ4v) is 6.17. The van der Waals surface area contributed by atoms with Gasteiger partial charge in [0.1, 0.15) is 17.0 Å². The van der Waals surface area contributed by atoms with Crippen molar-refractivity contribution in [1.29, 1.82) is 0 Å². The summed E-state index contributed by atoms with van der Waals surface area (Å²) >= 11 is 0. The van der Waals surface area contributed by atoms with Crippen molar-refractivity contribution in [3.63, 3.8) is 0 Å². The highest BCUT2D eigenvalue weighted by Gasteiger charge is 2.29.